The van der Waals surface area contributed by atoms with E-state index in [2.05, 4.69) is 6.07 Å². The number of sulfonamides is 1. The van der Waals surface area contributed by atoms with Gasteiger partial charge in [0, 0.05) is 19.0 Å². The zero-order valence-electron chi connectivity index (χ0n) is 10.0. The van der Waals surface area contributed by atoms with E-state index in [1.165, 1.54) is 10.4 Å². The van der Waals surface area contributed by atoms with Crippen LogP contribution >= 0.6 is 23.2 Å². The quantitative estimate of drug-likeness (QED) is 0.842. The van der Waals surface area contributed by atoms with Gasteiger partial charge in [0.2, 0.25) is 10.0 Å². The Morgan fingerprint density at radius 2 is 1.89 bits per heavy atom. The van der Waals surface area contributed by atoms with Crippen LogP contribution in [0.15, 0.2) is 23.1 Å². The zero-order chi connectivity index (χ0) is 14.0. The third kappa shape index (κ3) is 2.87. The minimum absolute atomic E-state index is 0.0251. The van der Waals surface area contributed by atoms with E-state index in [0.717, 1.165) is 0 Å². The Morgan fingerprint density at radius 3 is 2.47 bits per heavy atom. The molecule has 0 aliphatic carbocycles. The lowest BCUT2D eigenvalue weighted by Crippen LogP contribution is -2.38. The Bertz CT molecular complexity index is 617. The van der Waals surface area contributed by atoms with Gasteiger partial charge in [-0.3, -0.25) is 0 Å². The van der Waals surface area contributed by atoms with Gasteiger partial charge in [0.1, 0.15) is 4.90 Å². The molecule has 0 amide bonds. The van der Waals surface area contributed by atoms with Crippen LogP contribution in [-0.4, -0.2) is 25.8 Å². The maximum absolute atomic E-state index is 12.5. The Labute approximate surface area is 122 Å². The molecule has 2 rings (SSSR count). The predicted octanol–water partition coefficient (Wildman–Crippen LogP) is 2.92. The van der Waals surface area contributed by atoms with Gasteiger partial charge in [-0.15, -0.1) is 0 Å². The molecule has 0 radical (unpaired) electrons. The second-order valence-corrected chi connectivity index (χ2v) is 7.05. The summed E-state index contributed by atoms with van der Waals surface area (Å²) >= 11 is 11.8. The normalized spacial score (nSPS) is 18.2. The minimum atomic E-state index is -3.64. The number of hydrogen-bond donors (Lipinski definition) is 0. The van der Waals surface area contributed by atoms with E-state index in [4.69, 9.17) is 28.5 Å². The molecule has 102 valence electrons. The molecule has 1 heterocycles. The molecule has 0 N–H and O–H groups in total. The predicted molar refractivity (Wildman–Crippen MR) is 73.6 cm³/mol. The highest BCUT2D eigenvalue weighted by Gasteiger charge is 2.31. The molecule has 0 spiro atoms. The van der Waals surface area contributed by atoms with Crippen LogP contribution in [0.5, 0.6) is 0 Å². The van der Waals surface area contributed by atoms with Crippen LogP contribution in [-0.2, 0) is 10.0 Å². The summed E-state index contributed by atoms with van der Waals surface area (Å²) in [5.41, 5.74) is 0. The van der Waals surface area contributed by atoms with Gasteiger partial charge in [0.15, 0.2) is 0 Å². The molecule has 19 heavy (non-hydrogen) atoms. The molecule has 1 aromatic carbocycles. The van der Waals surface area contributed by atoms with Crippen molar-refractivity contribution >= 4 is 33.2 Å². The van der Waals surface area contributed by atoms with Crippen molar-refractivity contribution in [2.45, 2.75) is 17.7 Å². The number of piperidine rings is 1. The highest BCUT2D eigenvalue weighted by Crippen LogP contribution is 2.32. The van der Waals surface area contributed by atoms with Crippen LogP contribution in [0.4, 0.5) is 0 Å². The van der Waals surface area contributed by atoms with Crippen molar-refractivity contribution in [2.75, 3.05) is 13.1 Å². The zero-order valence-corrected chi connectivity index (χ0v) is 12.3. The van der Waals surface area contributed by atoms with Crippen molar-refractivity contribution in [2.24, 2.45) is 5.92 Å². The van der Waals surface area contributed by atoms with Gasteiger partial charge in [0.05, 0.1) is 16.1 Å². The SMILES string of the molecule is N#CC1CCN(S(=O)(=O)c2cccc(Cl)c2Cl)CC1. The van der Waals surface area contributed by atoms with Crippen LogP contribution in [0.1, 0.15) is 12.8 Å². The first-order valence-electron chi connectivity index (χ1n) is 5.80. The molecular formula is C12H12Cl2N2O2S. The number of nitrogens with zero attached hydrogens (tertiary/aromatic N) is 2. The molecule has 1 fully saturated rings. The van der Waals surface area contributed by atoms with Crippen LogP contribution < -0.4 is 0 Å². The average Bonchev–Trinajstić information content (AvgIpc) is 2.41. The molecule has 1 aromatic rings. The summed E-state index contributed by atoms with van der Waals surface area (Å²) in [6.07, 6.45) is 1.10. The minimum Gasteiger partial charge on any atom is -0.207 e. The van der Waals surface area contributed by atoms with Crippen molar-refractivity contribution in [1.82, 2.24) is 4.31 Å². The number of nitriles is 1. The van der Waals surface area contributed by atoms with Crippen LogP contribution in [0, 0.1) is 17.2 Å². The fourth-order valence-corrected chi connectivity index (χ4v) is 4.25. The van der Waals surface area contributed by atoms with E-state index in [1.807, 2.05) is 0 Å². The van der Waals surface area contributed by atoms with Crippen molar-refractivity contribution in [3.63, 3.8) is 0 Å². The number of benzene rings is 1. The fourth-order valence-electron chi connectivity index (χ4n) is 2.05. The summed E-state index contributed by atoms with van der Waals surface area (Å²) in [6, 6.07) is 6.72. The molecule has 0 unspecified atom stereocenters. The van der Waals surface area contributed by atoms with E-state index in [0.29, 0.717) is 25.9 Å². The van der Waals surface area contributed by atoms with Gasteiger partial charge in [-0.2, -0.15) is 9.57 Å². The molecule has 0 saturated carbocycles. The monoisotopic (exact) mass is 318 g/mol. The van der Waals surface area contributed by atoms with Crippen molar-refractivity contribution < 1.29 is 8.42 Å². The van der Waals surface area contributed by atoms with Crippen molar-refractivity contribution in [1.29, 1.82) is 5.26 Å². The lowest BCUT2D eigenvalue weighted by atomic mass is 10.0. The van der Waals surface area contributed by atoms with Gasteiger partial charge < -0.3 is 0 Å². The third-order valence-electron chi connectivity index (χ3n) is 3.17. The highest BCUT2D eigenvalue weighted by molar-refractivity contribution is 7.89. The maximum Gasteiger partial charge on any atom is 0.244 e. The summed E-state index contributed by atoms with van der Waals surface area (Å²) in [6.45, 7) is 0.673. The molecular weight excluding hydrogens is 307 g/mol. The topological polar surface area (TPSA) is 61.2 Å². The standard InChI is InChI=1S/C12H12Cl2N2O2S/c13-10-2-1-3-11(12(10)14)19(17,18)16-6-4-9(8-15)5-7-16/h1-3,9H,4-7H2. The molecule has 1 aliphatic heterocycles. The van der Waals surface area contributed by atoms with Crippen LogP contribution in [0.2, 0.25) is 10.0 Å². The van der Waals surface area contributed by atoms with Gasteiger partial charge in [0.25, 0.3) is 0 Å². The molecule has 0 atom stereocenters. The van der Waals surface area contributed by atoms with E-state index in [-0.39, 0.29) is 20.9 Å². The number of hydrogen-bond acceptors (Lipinski definition) is 3. The summed E-state index contributed by atoms with van der Waals surface area (Å²) < 4.78 is 26.3. The van der Waals surface area contributed by atoms with E-state index >= 15 is 0 Å². The van der Waals surface area contributed by atoms with Gasteiger partial charge in [-0.25, -0.2) is 8.42 Å². The Hall–Kier alpha value is -0.800. The van der Waals surface area contributed by atoms with Crippen molar-refractivity contribution in [3.8, 4) is 6.07 Å². The van der Waals surface area contributed by atoms with Crippen LogP contribution in [0.3, 0.4) is 0 Å². The molecule has 0 aromatic heterocycles. The largest absolute Gasteiger partial charge is 0.244 e. The number of rotatable bonds is 2. The summed E-state index contributed by atoms with van der Waals surface area (Å²) in [5.74, 6) is -0.0683. The number of halogens is 2. The first-order chi connectivity index (χ1) is 8.96. The van der Waals surface area contributed by atoms with Gasteiger partial charge in [-0.05, 0) is 25.0 Å². The molecule has 1 aliphatic rings. The Kier molecular flexibility index (Phi) is 4.36. The van der Waals surface area contributed by atoms with E-state index < -0.39 is 10.0 Å². The van der Waals surface area contributed by atoms with Crippen molar-refractivity contribution in [3.05, 3.63) is 28.2 Å². The first kappa shape index (κ1) is 14.6. The lowest BCUT2D eigenvalue weighted by Gasteiger charge is -2.28. The second-order valence-electron chi connectivity index (χ2n) is 4.36. The molecule has 1 saturated heterocycles. The van der Waals surface area contributed by atoms with Gasteiger partial charge in [-0.1, -0.05) is 29.3 Å². The summed E-state index contributed by atoms with van der Waals surface area (Å²) in [5, 5.41) is 9.09. The molecule has 0 bridgehead atoms. The summed E-state index contributed by atoms with van der Waals surface area (Å²) in [4.78, 5) is 0.0251. The maximum atomic E-state index is 12.5. The molecule has 7 heteroatoms. The first-order valence-corrected chi connectivity index (χ1v) is 8.00. The lowest BCUT2D eigenvalue weighted by molar-refractivity contribution is 0.310. The Balaban J connectivity index is 2.29. The smallest absolute Gasteiger partial charge is 0.207 e. The third-order valence-corrected chi connectivity index (χ3v) is 6.04. The molecule has 4 nitrogen and oxygen atoms in total. The fraction of sp³-hybridized carbons (Fsp3) is 0.417. The average molecular weight is 319 g/mol. The summed E-state index contributed by atoms with van der Waals surface area (Å²) in [7, 11) is -3.64. The highest BCUT2D eigenvalue weighted by atomic mass is 35.5. The Morgan fingerprint density at radius 1 is 1.26 bits per heavy atom. The van der Waals surface area contributed by atoms with Crippen LogP contribution in [0.25, 0.3) is 0 Å². The van der Waals surface area contributed by atoms with E-state index in [9.17, 15) is 8.42 Å². The second kappa shape index (κ2) is 5.68. The van der Waals surface area contributed by atoms with E-state index in [1.54, 1.807) is 12.1 Å². The van der Waals surface area contributed by atoms with Gasteiger partial charge >= 0.3 is 0 Å².